The molecule has 0 aliphatic rings. The first-order valence-corrected chi connectivity index (χ1v) is 11.0. The van der Waals surface area contributed by atoms with Gasteiger partial charge in [0, 0.05) is 11.1 Å². The van der Waals surface area contributed by atoms with Gasteiger partial charge in [-0.2, -0.15) is 0 Å². The minimum Gasteiger partial charge on any atom is -0.546 e. The van der Waals surface area contributed by atoms with Crippen LogP contribution in [0.25, 0.3) is 43.7 Å². The van der Waals surface area contributed by atoms with Crippen LogP contribution in [-0.2, 0) is 4.79 Å². The Morgan fingerprint density at radius 2 is 1.58 bits per heavy atom. The zero-order valence-electron chi connectivity index (χ0n) is 17.3. The molecule has 0 fully saturated rings. The van der Waals surface area contributed by atoms with E-state index >= 15 is 0 Å². The molecule has 0 spiro atoms. The molecule has 2 heterocycles. The second-order valence-electron chi connectivity index (χ2n) is 7.15. The van der Waals surface area contributed by atoms with Crippen molar-refractivity contribution < 1.29 is 19.1 Å². The summed E-state index contributed by atoms with van der Waals surface area (Å²) in [5, 5.41) is 11.4. The van der Waals surface area contributed by atoms with Gasteiger partial charge in [0.1, 0.15) is 23.1 Å². The van der Waals surface area contributed by atoms with Crippen molar-refractivity contribution >= 4 is 17.3 Å². The maximum atomic E-state index is 10.7. The Labute approximate surface area is 193 Å². The third-order valence-electron chi connectivity index (χ3n) is 4.93. The monoisotopic (exact) mass is 453 g/mol. The maximum absolute atomic E-state index is 10.7. The number of aromatic nitrogens is 2. The highest BCUT2D eigenvalue weighted by Crippen LogP contribution is 2.42. The summed E-state index contributed by atoms with van der Waals surface area (Å²) >= 11 is 1.54. The molecule has 5 aromatic rings. The van der Waals surface area contributed by atoms with Crippen LogP contribution in [-0.4, -0.2) is 22.5 Å². The van der Waals surface area contributed by atoms with Gasteiger partial charge in [-0.15, -0.1) is 11.3 Å². The Morgan fingerprint density at radius 3 is 2.30 bits per heavy atom. The van der Waals surface area contributed by atoms with Crippen molar-refractivity contribution in [1.82, 2.24) is 9.97 Å². The first-order valence-electron chi connectivity index (χ1n) is 10.2. The van der Waals surface area contributed by atoms with Crippen molar-refractivity contribution in [3.05, 3.63) is 91.3 Å². The Balaban J connectivity index is 1.59. The van der Waals surface area contributed by atoms with E-state index < -0.39 is 12.6 Å². The lowest BCUT2D eigenvalue weighted by Crippen LogP contribution is -2.28. The number of carboxylic acid groups (broad SMARTS) is 1. The summed E-state index contributed by atoms with van der Waals surface area (Å²) < 4.78 is 11.0. The van der Waals surface area contributed by atoms with Gasteiger partial charge in [-0.3, -0.25) is 0 Å². The number of ether oxygens (including phenoxy) is 1. The van der Waals surface area contributed by atoms with Gasteiger partial charge in [-0.25, -0.2) is 9.97 Å². The molecular formula is C26H17N2O4S-. The second kappa shape index (κ2) is 9.10. The van der Waals surface area contributed by atoms with Crippen LogP contribution >= 0.6 is 11.3 Å². The molecule has 0 radical (unpaired) electrons. The summed E-state index contributed by atoms with van der Waals surface area (Å²) in [6.45, 7) is -0.528. The first-order chi connectivity index (χ1) is 16.2. The number of thiazole rings is 1. The molecule has 0 N–H and O–H groups in total. The molecule has 7 heteroatoms. The van der Waals surface area contributed by atoms with Crippen LogP contribution in [0.2, 0.25) is 0 Å². The summed E-state index contributed by atoms with van der Waals surface area (Å²) in [6.07, 6.45) is 1.38. The van der Waals surface area contributed by atoms with Gasteiger partial charge in [0.05, 0.1) is 16.5 Å². The van der Waals surface area contributed by atoms with Crippen molar-refractivity contribution in [2.75, 3.05) is 6.61 Å². The normalized spacial score (nSPS) is 10.8. The zero-order valence-corrected chi connectivity index (χ0v) is 18.1. The Kier molecular flexibility index (Phi) is 5.70. The minimum absolute atomic E-state index is 0.396. The van der Waals surface area contributed by atoms with E-state index in [-0.39, 0.29) is 0 Å². The largest absolute Gasteiger partial charge is 0.546 e. The van der Waals surface area contributed by atoms with Gasteiger partial charge in [0.2, 0.25) is 0 Å². The topological polar surface area (TPSA) is 88.3 Å². The number of aliphatic carboxylic acids is 1. The van der Waals surface area contributed by atoms with Gasteiger partial charge in [-0.05, 0) is 17.7 Å². The lowest BCUT2D eigenvalue weighted by molar-refractivity contribution is -0.307. The highest BCUT2D eigenvalue weighted by Gasteiger charge is 2.21. The molecule has 0 unspecified atom stereocenters. The number of carbonyl (C=O) groups is 1. The number of oxazole rings is 1. The molecule has 0 saturated heterocycles. The van der Waals surface area contributed by atoms with Crippen LogP contribution in [0, 0.1) is 0 Å². The molecule has 0 aliphatic heterocycles. The average molecular weight is 453 g/mol. The fourth-order valence-corrected chi connectivity index (χ4v) is 4.56. The molecule has 0 atom stereocenters. The predicted octanol–water partition coefficient (Wildman–Crippen LogP) is 4.93. The predicted molar refractivity (Wildman–Crippen MR) is 124 cm³/mol. The van der Waals surface area contributed by atoms with Crippen LogP contribution in [0.4, 0.5) is 0 Å². The molecule has 2 aromatic heterocycles. The Hall–Kier alpha value is -4.23. The molecule has 0 bridgehead atoms. The standard InChI is InChI=1S/C26H18N2O4S/c29-21(30)15-31-20-13-7-12-19(14-20)24-23(27-16-32-24)26-28-22(17-8-3-1-4-9-17)25(33-26)18-10-5-2-6-11-18/h1-14,16H,15H2,(H,29,30)/p-1. The van der Waals surface area contributed by atoms with E-state index in [0.717, 1.165) is 26.7 Å². The van der Waals surface area contributed by atoms with Crippen molar-refractivity contribution in [2.45, 2.75) is 0 Å². The number of nitrogens with zero attached hydrogens (tertiary/aromatic N) is 2. The number of hydrogen-bond acceptors (Lipinski definition) is 7. The molecule has 162 valence electrons. The van der Waals surface area contributed by atoms with Crippen LogP contribution in [0.15, 0.2) is 95.7 Å². The SMILES string of the molecule is O=C([O-])COc1cccc(-c2ocnc2-c2nc(-c3ccccc3)c(-c3ccccc3)s2)c1. The van der Waals surface area contributed by atoms with E-state index in [0.29, 0.717) is 22.8 Å². The van der Waals surface area contributed by atoms with Gasteiger partial charge in [-0.1, -0.05) is 72.8 Å². The summed E-state index contributed by atoms with van der Waals surface area (Å²) in [7, 11) is 0. The molecule has 33 heavy (non-hydrogen) atoms. The quantitative estimate of drug-likeness (QED) is 0.347. The third-order valence-corrected chi connectivity index (χ3v) is 6.04. The van der Waals surface area contributed by atoms with E-state index in [4.69, 9.17) is 14.1 Å². The molecule has 0 aliphatic carbocycles. The lowest BCUT2D eigenvalue weighted by Gasteiger charge is -2.07. The summed E-state index contributed by atoms with van der Waals surface area (Å²) in [4.78, 5) is 21.2. The van der Waals surface area contributed by atoms with Gasteiger partial charge in [0.25, 0.3) is 0 Å². The van der Waals surface area contributed by atoms with Gasteiger partial charge < -0.3 is 19.1 Å². The molecule has 0 amide bonds. The smallest absolute Gasteiger partial charge is 0.182 e. The number of hydrogen-bond donors (Lipinski definition) is 0. The average Bonchev–Trinajstić information content (AvgIpc) is 3.52. The summed E-state index contributed by atoms with van der Waals surface area (Å²) in [5.74, 6) is -0.361. The number of carboxylic acids is 1. The molecule has 6 nitrogen and oxygen atoms in total. The van der Waals surface area contributed by atoms with Crippen LogP contribution < -0.4 is 9.84 Å². The zero-order chi connectivity index (χ0) is 22.6. The Bertz CT molecular complexity index is 1340. The van der Waals surface area contributed by atoms with Crippen LogP contribution in [0.5, 0.6) is 5.75 Å². The van der Waals surface area contributed by atoms with Crippen molar-refractivity contribution in [2.24, 2.45) is 0 Å². The fourth-order valence-electron chi connectivity index (χ4n) is 3.47. The molecule has 5 rings (SSSR count). The van der Waals surface area contributed by atoms with Gasteiger partial charge in [0.15, 0.2) is 12.2 Å². The number of rotatable bonds is 7. The van der Waals surface area contributed by atoms with Crippen LogP contribution in [0.3, 0.4) is 0 Å². The van der Waals surface area contributed by atoms with E-state index in [1.165, 1.54) is 6.39 Å². The second-order valence-corrected chi connectivity index (χ2v) is 8.15. The van der Waals surface area contributed by atoms with E-state index in [9.17, 15) is 9.90 Å². The van der Waals surface area contributed by atoms with E-state index in [1.54, 1.807) is 29.5 Å². The number of carbonyl (C=O) groups excluding carboxylic acids is 1. The van der Waals surface area contributed by atoms with Crippen molar-refractivity contribution in [3.63, 3.8) is 0 Å². The van der Waals surface area contributed by atoms with E-state index in [2.05, 4.69) is 17.1 Å². The third kappa shape index (κ3) is 4.40. The molecule has 3 aromatic carbocycles. The Morgan fingerprint density at radius 1 is 0.879 bits per heavy atom. The van der Waals surface area contributed by atoms with Crippen molar-refractivity contribution in [3.8, 4) is 49.5 Å². The lowest BCUT2D eigenvalue weighted by atomic mass is 10.1. The van der Waals surface area contributed by atoms with Gasteiger partial charge >= 0.3 is 0 Å². The fraction of sp³-hybridized carbons (Fsp3) is 0.0385. The first kappa shape index (κ1) is 20.7. The molecular weight excluding hydrogens is 436 g/mol. The van der Waals surface area contributed by atoms with E-state index in [1.807, 2.05) is 54.6 Å². The summed E-state index contributed by atoms with van der Waals surface area (Å²) in [5.41, 5.74) is 4.28. The minimum atomic E-state index is -1.29. The molecule has 0 saturated carbocycles. The number of benzene rings is 3. The maximum Gasteiger partial charge on any atom is 0.182 e. The highest BCUT2D eigenvalue weighted by atomic mass is 32.1. The highest BCUT2D eigenvalue weighted by molar-refractivity contribution is 7.19. The summed E-state index contributed by atoms with van der Waals surface area (Å²) in [6, 6.07) is 27.1. The van der Waals surface area contributed by atoms with Crippen molar-refractivity contribution in [1.29, 1.82) is 0 Å². The van der Waals surface area contributed by atoms with Crippen LogP contribution in [0.1, 0.15) is 0 Å².